The van der Waals surface area contributed by atoms with Crippen molar-refractivity contribution >= 4 is 11.7 Å². The smallest absolute Gasteiger partial charge is 0.291 e. The van der Waals surface area contributed by atoms with Crippen LogP contribution >= 0.6 is 0 Å². The Morgan fingerprint density at radius 1 is 1.00 bits per heavy atom. The van der Waals surface area contributed by atoms with Gasteiger partial charge in [0, 0.05) is 5.56 Å². The van der Waals surface area contributed by atoms with Crippen LogP contribution in [0.15, 0.2) is 53.1 Å². The minimum absolute atomic E-state index is 0.0533. The summed E-state index contributed by atoms with van der Waals surface area (Å²) in [6.45, 7) is 1.78. The highest BCUT2D eigenvalue weighted by atomic mass is 16.3. The third-order valence-electron chi connectivity index (χ3n) is 4.24. The molecule has 0 aliphatic carbocycles. The van der Waals surface area contributed by atoms with Crippen molar-refractivity contribution < 1.29 is 18.9 Å². The lowest BCUT2D eigenvalue weighted by Crippen LogP contribution is -3.19. The fraction of sp³-hybridized carbons (Fsp3) is 0.333. The summed E-state index contributed by atoms with van der Waals surface area (Å²) in [7, 11) is 0. The Morgan fingerprint density at radius 2 is 1.74 bits per heavy atom. The molecule has 3 rings (SSSR count). The van der Waals surface area contributed by atoms with Crippen LogP contribution in [0.25, 0.3) is 0 Å². The topological polar surface area (TPSA) is 63.8 Å². The second kappa shape index (κ2) is 7.24. The predicted molar refractivity (Wildman–Crippen MR) is 85.3 cm³/mol. The van der Waals surface area contributed by atoms with Gasteiger partial charge < -0.3 is 9.32 Å². The number of carbonyl (C=O) groups is 2. The van der Waals surface area contributed by atoms with Gasteiger partial charge in [0.15, 0.2) is 5.76 Å². The highest BCUT2D eigenvalue weighted by Crippen LogP contribution is 2.05. The first kappa shape index (κ1) is 15.5. The zero-order valence-corrected chi connectivity index (χ0v) is 13.0. The fourth-order valence-electron chi connectivity index (χ4n) is 3.03. The van der Waals surface area contributed by atoms with Crippen LogP contribution < -0.4 is 10.2 Å². The summed E-state index contributed by atoms with van der Waals surface area (Å²) >= 11 is 0. The fourth-order valence-corrected chi connectivity index (χ4v) is 3.03. The number of benzene rings is 1. The highest BCUT2D eigenvalue weighted by Gasteiger charge is 2.33. The number of carbonyl (C=O) groups excluding carboxylic acids is 2. The number of rotatable bonds is 5. The van der Waals surface area contributed by atoms with Gasteiger partial charge in [-0.1, -0.05) is 30.3 Å². The Labute approximate surface area is 135 Å². The highest BCUT2D eigenvalue weighted by molar-refractivity contribution is 6.02. The number of hydrogen-bond acceptors (Lipinski definition) is 3. The molecule has 2 aromatic rings. The maximum Gasteiger partial charge on any atom is 0.291 e. The van der Waals surface area contributed by atoms with Gasteiger partial charge in [-0.2, -0.15) is 0 Å². The third-order valence-corrected chi connectivity index (χ3v) is 4.24. The summed E-state index contributed by atoms with van der Waals surface area (Å²) in [5, 5.41) is 2.87. The van der Waals surface area contributed by atoms with Gasteiger partial charge in [0.25, 0.3) is 5.91 Å². The minimum Gasteiger partial charge on any atom is -0.459 e. The van der Waals surface area contributed by atoms with Crippen molar-refractivity contribution in [3.63, 3.8) is 0 Å². The van der Waals surface area contributed by atoms with E-state index in [4.69, 9.17) is 4.42 Å². The van der Waals surface area contributed by atoms with E-state index in [9.17, 15) is 9.59 Å². The molecule has 0 radical (unpaired) electrons. The summed E-state index contributed by atoms with van der Waals surface area (Å²) < 4.78 is 5.14. The predicted octanol–water partition coefficient (Wildman–Crippen LogP) is 1.29. The molecule has 1 aliphatic heterocycles. The van der Waals surface area contributed by atoms with Gasteiger partial charge in [-0.05, 0) is 31.4 Å². The number of quaternary nitrogens is 1. The molecule has 5 heteroatoms. The zero-order chi connectivity index (χ0) is 16.1. The van der Waals surface area contributed by atoms with Crippen LogP contribution in [0.5, 0.6) is 0 Å². The van der Waals surface area contributed by atoms with E-state index in [1.807, 2.05) is 18.2 Å². The van der Waals surface area contributed by atoms with Gasteiger partial charge in [0.05, 0.1) is 19.4 Å². The Kier molecular flexibility index (Phi) is 4.88. The average molecular weight is 313 g/mol. The van der Waals surface area contributed by atoms with Crippen LogP contribution in [-0.4, -0.2) is 30.9 Å². The largest absolute Gasteiger partial charge is 0.459 e. The van der Waals surface area contributed by atoms with Crippen molar-refractivity contribution in [1.29, 1.82) is 0 Å². The van der Waals surface area contributed by atoms with Gasteiger partial charge in [-0.15, -0.1) is 0 Å². The van der Waals surface area contributed by atoms with Crippen molar-refractivity contribution in [2.45, 2.75) is 25.4 Å². The number of hydrogen-bond donors (Lipinski definition) is 2. The molecule has 1 aliphatic rings. The summed E-state index contributed by atoms with van der Waals surface area (Å²) in [6, 6.07) is 12.4. The lowest BCUT2D eigenvalue weighted by Gasteiger charge is -2.30. The molecule has 1 fully saturated rings. The Balaban J connectivity index is 1.81. The van der Waals surface area contributed by atoms with Gasteiger partial charge in [0.1, 0.15) is 0 Å². The molecule has 1 atom stereocenters. The third kappa shape index (κ3) is 3.68. The molecule has 0 saturated carbocycles. The van der Waals surface area contributed by atoms with Crippen molar-refractivity contribution in [3.8, 4) is 0 Å². The SMILES string of the molecule is O=C(N[C@@H](C(=O)c1ccccc1)[NH+]1CCCCC1)c1ccco1. The molecular formula is C18H21N2O3+. The van der Waals surface area contributed by atoms with E-state index >= 15 is 0 Å². The molecule has 120 valence electrons. The van der Waals surface area contributed by atoms with Gasteiger partial charge >= 0.3 is 0 Å². The molecule has 1 amide bonds. The van der Waals surface area contributed by atoms with Gasteiger partial charge in [-0.3, -0.25) is 14.9 Å². The van der Waals surface area contributed by atoms with Crippen LogP contribution in [-0.2, 0) is 0 Å². The van der Waals surface area contributed by atoms with E-state index in [2.05, 4.69) is 5.32 Å². The zero-order valence-electron chi connectivity index (χ0n) is 13.0. The number of amides is 1. The molecule has 2 N–H and O–H groups in total. The minimum atomic E-state index is -0.574. The van der Waals surface area contributed by atoms with E-state index in [-0.39, 0.29) is 17.5 Å². The van der Waals surface area contributed by atoms with Crippen LogP contribution in [0.1, 0.15) is 40.2 Å². The first-order valence-corrected chi connectivity index (χ1v) is 8.04. The molecule has 2 heterocycles. The molecule has 5 nitrogen and oxygen atoms in total. The molecular weight excluding hydrogens is 292 g/mol. The van der Waals surface area contributed by atoms with Gasteiger partial charge in [0.2, 0.25) is 11.9 Å². The number of Topliss-reactive ketones (excluding diaryl/α,β-unsaturated/α-hetero) is 1. The number of piperidine rings is 1. The lowest BCUT2D eigenvalue weighted by atomic mass is 10.0. The van der Waals surface area contributed by atoms with E-state index in [1.165, 1.54) is 12.7 Å². The van der Waals surface area contributed by atoms with Crippen LogP contribution in [0, 0.1) is 0 Å². The Morgan fingerprint density at radius 3 is 2.39 bits per heavy atom. The second-order valence-electron chi connectivity index (χ2n) is 5.83. The first-order valence-electron chi connectivity index (χ1n) is 8.04. The lowest BCUT2D eigenvalue weighted by molar-refractivity contribution is -0.922. The Bertz CT molecular complexity index is 646. The van der Waals surface area contributed by atoms with E-state index in [0.717, 1.165) is 30.8 Å². The summed E-state index contributed by atoms with van der Waals surface area (Å²) in [4.78, 5) is 26.3. The van der Waals surface area contributed by atoms with E-state index < -0.39 is 6.17 Å². The van der Waals surface area contributed by atoms with Crippen LogP contribution in [0.2, 0.25) is 0 Å². The standard InChI is InChI=1S/C18H20N2O3/c21-16(14-8-3-1-4-9-14)17(20-11-5-2-6-12-20)19-18(22)15-10-7-13-23-15/h1,3-4,7-10,13,17H,2,5-6,11-12H2,(H,19,22)/p+1/t17-/m1/s1. The quantitative estimate of drug-likeness (QED) is 0.818. The van der Waals surface area contributed by atoms with Crippen molar-refractivity contribution in [3.05, 3.63) is 60.1 Å². The molecule has 0 bridgehead atoms. The molecule has 0 unspecified atom stereocenters. The van der Waals surface area contributed by atoms with Crippen molar-refractivity contribution in [2.24, 2.45) is 0 Å². The number of nitrogens with one attached hydrogen (secondary N) is 2. The maximum absolute atomic E-state index is 12.9. The molecule has 1 aromatic heterocycles. The first-order chi connectivity index (χ1) is 11.3. The summed E-state index contributed by atoms with van der Waals surface area (Å²) in [5.41, 5.74) is 0.621. The number of ketones is 1. The molecule has 23 heavy (non-hydrogen) atoms. The Hall–Kier alpha value is -2.40. The monoisotopic (exact) mass is 313 g/mol. The van der Waals surface area contributed by atoms with Crippen LogP contribution in [0.3, 0.4) is 0 Å². The molecule has 1 saturated heterocycles. The van der Waals surface area contributed by atoms with Crippen molar-refractivity contribution in [1.82, 2.24) is 5.32 Å². The normalized spacial score (nSPS) is 16.7. The van der Waals surface area contributed by atoms with E-state index in [1.54, 1.807) is 24.3 Å². The number of likely N-dealkylation sites (tertiary alicyclic amines) is 1. The summed E-state index contributed by atoms with van der Waals surface area (Å²) in [5.74, 6) is -0.169. The molecule has 1 aromatic carbocycles. The average Bonchev–Trinajstić information content (AvgIpc) is 3.15. The van der Waals surface area contributed by atoms with Crippen LogP contribution in [0.4, 0.5) is 0 Å². The van der Waals surface area contributed by atoms with E-state index in [0.29, 0.717) is 5.56 Å². The van der Waals surface area contributed by atoms with Gasteiger partial charge in [-0.25, -0.2) is 0 Å². The number of furan rings is 1. The second-order valence-corrected chi connectivity index (χ2v) is 5.83. The van der Waals surface area contributed by atoms with Crippen molar-refractivity contribution in [2.75, 3.05) is 13.1 Å². The summed E-state index contributed by atoms with van der Waals surface area (Å²) in [6.07, 6.45) is 4.21. The maximum atomic E-state index is 12.9. The molecule has 0 spiro atoms.